The molecule has 3 nitrogen and oxygen atoms in total. The average Bonchev–Trinajstić information content (AvgIpc) is 1.88. The maximum Gasteiger partial charge on any atom is 0.133 e. The van der Waals surface area contributed by atoms with E-state index in [1.165, 1.54) is 12.3 Å². The minimum atomic E-state index is 0.111. The van der Waals surface area contributed by atoms with Crippen molar-refractivity contribution < 1.29 is 5.11 Å². The van der Waals surface area contributed by atoms with Crippen LogP contribution in [0.25, 0.3) is 0 Å². The van der Waals surface area contributed by atoms with Crippen molar-refractivity contribution >= 4 is 17.2 Å². The number of nitrogens with two attached hydrogens (primary N) is 1. The summed E-state index contributed by atoms with van der Waals surface area (Å²) in [5, 5.41) is 8.79. The largest absolute Gasteiger partial charge is 0.506 e. The van der Waals surface area contributed by atoms with E-state index in [1.807, 2.05) is 0 Å². The molecule has 0 aliphatic rings. The van der Waals surface area contributed by atoms with Gasteiger partial charge in [-0.05, 0) is 12.1 Å². The second kappa shape index (κ2) is 2.62. The van der Waals surface area contributed by atoms with Gasteiger partial charge in [0.2, 0.25) is 0 Å². The van der Waals surface area contributed by atoms with Crippen molar-refractivity contribution in [3.63, 3.8) is 0 Å². The van der Waals surface area contributed by atoms with Gasteiger partial charge in [-0.25, -0.2) is 4.98 Å². The number of rotatable bonds is 1. The molecule has 0 atom stereocenters. The minimum Gasteiger partial charge on any atom is -0.506 e. The molecule has 10 heavy (non-hydrogen) atoms. The second-order valence-corrected chi connectivity index (χ2v) is 2.21. The summed E-state index contributed by atoms with van der Waals surface area (Å²) in [6.45, 7) is 0. The molecule has 0 aromatic carbocycles. The fourth-order valence-corrected chi connectivity index (χ4v) is 0.653. The van der Waals surface area contributed by atoms with E-state index >= 15 is 0 Å². The lowest BCUT2D eigenvalue weighted by molar-refractivity contribution is 0.472. The molecular formula is C6H6N2OS. The molecule has 0 aliphatic heterocycles. The van der Waals surface area contributed by atoms with Gasteiger partial charge in [0.05, 0.1) is 11.9 Å². The minimum absolute atomic E-state index is 0.111. The molecule has 1 rings (SSSR count). The summed E-state index contributed by atoms with van der Waals surface area (Å²) in [7, 11) is 0. The van der Waals surface area contributed by atoms with Gasteiger partial charge in [0.25, 0.3) is 0 Å². The van der Waals surface area contributed by atoms with Crippen LogP contribution >= 0.6 is 12.2 Å². The number of aromatic nitrogens is 1. The first-order chi connectivity index (χ1) is 4.70. The zero-order valence-corrected chi connectivity index (χ0v) is 5.93. The van der Waals surface area contributed by atoms with Crippen LogP contribution in [0.1, 0.15) is 5.69 Å². The lowest BCUT2D eigenvalue weighted by Gasteiger charge is -1.94. The van der Waals surface area contributed by atoms with Gasteiger partial charge in [-0.3, -0.25) is 0 Å². The molecule has 0 amide bonds. The lowest BCUT2D eigenvalue weighted by atomic mass is 10.3. The van der Waals surface area contributed by atoms with Crippen LogP contribution in [0.2, 0.25) is 0 Å². The Kier molecular flexibility index (Phi) is 1.82. The Hall–Kier alpha value is -1.16. The van der Waals surface area contributed by atoms with Crippen LogP contribution in [0.15, 0.2) is 18.3 Å². The molecule has 0 radical (unpaired) electrons. The Morgan fingerprint density at radius 3 is 2.70 bits per heavy atom. The molecule has 1 heterocycles. The van der Waals surface area contributed by atoms with Crippen LogP contribution in [-0.2, 0) is 0 Å². The van der Waals surface area contributed by atoms with E-state index in [0.717, 1.165) is 0 Å². The van der Waals surface area contributed by atoms with Crippen molar-refractivity contribution in [2.75, 3.05) is 0 Å². The zero-order chi connectivity index (χ0) is 7.56. The summed E-state index contributed by atoms with van der Waals surface area (Å²) < 4.78 is 0. The molecule has 1 aromatic heterocycles. The van der Waals surface area contributed by atoms with Crippen molar-refractivity contribution in [3.05, 3.63) is 24.0 Å². The van der Waals surface area contributed by atoms with Crippen molar-refractivity contribution in [3.8, 4) is 5.75 Å². The smallest absolute Gasteiger partial charge is 0.133 e. The molecule has 0 bridgehead atoms. The number of hydrogen-bond acceptors (Lipinski definition) is 3. The number of aromatic hydroxyl groups is 1. The third-order valence-corrected chi connectivity index (χ3v) is 1.21. The van der Waals surface area contributed by atoms with E-state index in [1.54, 1.807) is 6.07 Å². The van der Waals surface area contributed by atoms with Crippen LogP contribution in [0.5, 0.6) is 5.75 Å². The highest BCUT2D eigenvalue weighted by Gasteiger charge is 1.95. The SMILES string of the molecule is NC(=S)c1ccc(O)cn1. The third-order valence-electron chi connectivity index (χ3n) is 1.00. The van der Waals surface area contributed by atoms with Gasteiger partial charge >= 0.3 is 0 Å². The number of pyridine rings is 1. The Balaban J connectivity index is 3.00. The third kappa shape index (κ3) is 1.41. The normalized spacial score (nSPS) is 9.20. The van der Waals surface area contributed by atoms with Crippen molar-refractivity contribution in [1.29, 1.82) is 0 Å². The van der Waals surface area contributed by atoms with Gasteiger partial charge in [-0.2, -0.15) is 0 Å². The van der Waals surface area contributed by atoms with E-state index in [-0.39, 0.29) is 10.7 Å². The predicted octanol–water partition coefficient (Wildman–Crippen LogP) is 0.421. The monoisotopic (exact) mass is 154 g/mol. The Labute approximate surface area is 63.5 Å². The summed E-state index contributed by atoms with van der Waals surface area (Å²) >= 11 is 4.64. The van der Waals surface area contributed by atoms with E-state index in [2.05, 4.69) is 17.2 Å². The van der Waals surface area contributed by atoms with Gasteiger partial charge in [-0.1, -0.05) is 12.2 Å². The average molecular weight is 154 g/mol. The summed E-state index contributed by atoms with van der Waals surface area (Å²) in [6, 6.07) is 3.05. The fourth-order valence-electron chi connectivity index (χ4n) is 0.532. The Morgan fingerprint density at radius 1 is 1.60 bits per heavy atom. The molecule has 0 unspecified atom stereocenters. The summed E-state index contributed by atoms with van der Waals surface area (Å²) in [4.78, 5) is 4.00. The lowest BCUT2D eigenvalue weighted by Crippen LogP contribution is -2.10. The molecule has 0 saturated heterocycles. The van der Waals surface area contributed by atoms with E-state index < -0.39 is 0 Å². The van der Waals surface area contributed by atoms with Crippen LogP contribution in [0.3, 0.4) is 0 Å². The van der Waals surface area contributed by atoms with E-state index in [9.17, 15) is 0 Å². The zero-order valence-electron chi connectivity index (χ0n) is 5.11. The van der Waals surface area contributed by atoms with Crippen LogP contribution < -0.4 is 5.73 Å². The highest BCUT2D eigenvalue weighted by atomic mass is 32.1. The molecule has 4 heteroatoms. The first-order valence-electron chi connectivity index (χ1n) is 2.65. The summed E-state index contributed by atoms with van der Waals surface area (Å²) in [5.74, 6) is 0.111. The number of thiocarbonyl (C=S) groups is 1. The first kappa shape index (κ1) is 6.95. The summed E-state index contributed by atoms with van der Waals surface area (Å²) in [5.41, 5.74) is 5.77. The van der Waals surface area contributed by atoms with Crippen molar-refractivity contribution in [2.24, 2.45) is 5.73 Å². The van der Waals surface area contributed by atoms with Crippen LogP contribution in [-0.4, -0.2) is 15.1 Å². The van der Waals surface area contributed by atoms with Crippen molar-refractivity contribution in [1.82, 2.24) is 4.98 Å². The highest BCUT2D eigenvalue weighted by Crippen LogP contribution is 2.04. The van der Waals surface area contributed by atoms with Gasteiger partial charge in [0.1, 0.15) is 10.7 Å². The maximum absolute atomic E-state index is 8.79. The second-order valence-electron chi connectivity index (χ2n) is 1.77. The number of nitrogens with zero attached hydrogens (tertiary/aromatic N) is 1. The fraction of sp³-hybridized carbons (Fsp3) is 0. The van der Waals surface area contributed by atoms with Crippen molar-refractivity contribution in [2.45, 2.75) is 0 Å². The first-order valence-corrected chi connectivity index (χ1v) is 3.06. The molecule has 0 spiro atoms. The molecule has 0 saturated carbocycles. The molecular weight excluding hydrogens is 148 g/mol. The standard InChI is InChI=1S/C6H6N2OS/c7-6(10)5-2-1-4(9)3-8-5/h1-3,9H,(H2,7,10). The van der Waals surface area contributed by atoms with Gasteiger partial charge < -0.3 is 10.8 Å². The Morgan fingerprint density at radius 2 is 2.30 bits per heavy atom. The highest BCUT2D eigenvalue weighted by molar-refractivity contribution is 7.80. The van der Waals surface area contributed by atoms with Gasteiger partial charge in [0, 0.05) is 0 Å². The van der Waals surface area contributed by atoms with Crippen LogP contribution in [0, 0.1) is 0 Å². The van der Waals surface area contributed by atoms with Crippen LogP contribution in [0.4, 0.5) is 0 Å². The predicted molar refractivity (Wildman–Crippen MR) is 41.8 cm³/mol. The van der Waals surface area contributed by atoms with Gasteiger partial charge in [-0.15, -0.1) is 0 Å². The Bertz CT molecular complexity index is 244. The molecule has 52 valence electrons. The quantitative estimate of drug-likeness (QED) is 0.575. The number of hydrogen-bond donors (Lipinski definition) is 2. The molecule has 0 fully saturated rings. The topological polar surface area (TPSA) is 59.1 Å². The van der Waals surface area contributed by atoms with Gasteiger partial charge in [0.15, 0.2) is 0 Å². The molecule has 1 aromatic rings. The molecule has 0 aliphatic carbocycles. The van der Waals surface area contributed by atoms with E-state index in [0.29, 0.717) is 5.69 Å². The molecule has 3 N–H and O–H groups in total. The maximum atomic E-state index is 8.79. The van der Waals surface area contributed by atoms with E-state index in [4.69, 9.17) is 10.8 Å². The summed E-state index contributed by atoms with van der Waals surface area (Å²) in [6.07, 6.45) is 1.30.